The van der Waals surface area contributed by atoms with Gasteiger partial charge in [-0.1, -0.05) is 158 Å². The third kappa shape index (κ3) is 5.65. The molecule has 0 unspecified atom stereocenters. The van der Waals surface area contributed by atoms with Gasteiger partial charge in [0.05, 0.1) is 0 Å². The van der Waals surface area contributed by atoms with Gasteiger partial charge in [-0.2, -0.15) is 0 Å². The molecule has 12 aromatic rings. The Labute approximate surface area is 344 Å². The number of oxazole rings is 1. The second kappa shape index (κ2) is 13.7. The van der Waals surface area contributed by atoms with Crippen LogP contribution in [-0.4, -0.2) is 19.9 Å². The van der Waals surface area contributed by atoms with E-state index in [-0.39, 0.29) is 0 Å². The molecule has 6 nitrogen and oxygen atoms in total. The number of fused-ring (bicyclic) bond motifs is 7. The fraction of sp³-hybridized carbons (Fsp3) is 0. The maximum atomic E-state index is 6.84. The second-order valence-electron chi connectivity index (χ2n) is 15.0. The van der Waals surface area contributed by atoms with E-state index in [9.17, 15) is 0 Å². The predicted molar refractivity (Wildman–Crippen MR) is 242 cm³/mol. The van der Waals surface area contributed by atoms with Crippen LogP contribution in [0.4, 0.5) is 0 Å². The van der Waals surface area contributed by atoms with E-state index in [1.54, 1.807) is 0 Å². The van der Waals surface area contributed by atoms with E-state index in [1.165, 1.54) is 11.1 Å². The van der Waals surface area contributed by atoms with Gasteiger partial charge in [0, 0.05) is 44.0 Å². The zero-order chi connectivity index (χ0) is 39.6. The topological polar surface area (TPSA) is 77.8 Å². The van der Waals surface area contributed by atoms with Gasteiger partial charge in [-0.3, -0.25) is 0 Å². The SMILES string of the molecule is c1ccc(-c2ccc3cc(-c4nc(-c5ccccc5)nc(-c5cccc6oc7c(-c8cccc9ccc%10nc(-c%11ccccc%11)oc%10c89)cccc7c56)n4)ccc3c2)cc1. The van der Waals surface area contributed by atoms with E-state index >= 15 is 0 Å². The summed E-state index contributed by atoms with van der Waals surface area (Å²) in [7, 11) is 0. The summed E-state index contributed by atoms with van der Waals surface area (Å²) in [5, 5.41) is 6.20. The molecule has 12 rings (SSSR count). The van der Waals surface area contributed by atoms with E-state index in [2.05, 4.69) is 109 Å². The van der Waals surface area contributed by atoms with Crippen molar-refractivity contribution in [3.8, 4) is 67.9 Å². The van der Waals surface area contributed by atoms with Crippen LogP contribution in [0.2, 0.25) is 0 Å². The van der Waals surface area contributed by atoms with Gasteiger partial charge in [-0.25, -0.2) is 19.9 Å². The molecule has 0 aliphatic heterocycles. The van der Waals surface area contributed by atoms with Gasteiger partial charge >= 0.3 is 0 Å². The van der Waals surface area contributed by atoms with Crippen molar-refractivity contribution < 1.29 is 8.83 Å². The van der Waals surface area contributed by atoms with Crippen molar-refractivity contribution in [3.05, 3.63) is 194 Å². The molecular formula is C54H32N4O2. The molecular weight excluding hydrogens is 737 g/mol. The van der Waals surface area contributed by atoms with Crippen molar-refractivity contribution in [1.29, 1.82) is 0 Å². The molecule has 0 atom stereocenters. The fourth-order valence-electron chi connectivity index (χ4n) is 8.47. The van der Waals surface area contributed by atoms with E-state index in [0.717, 1.165) is 88.0 Å². The van der Waals surface area contributed by atoms with Crippen LogP contribution in [0.3, 0.4) is 0 Å². The minimum Gasteiger partial charge on any atom is -0.455 e. The summed E-state index contributed by atoms with van der Waals surface area (Å²) in [5.41, 5.74) is 11.0. The van der Waals surface area contributed by atoms with Gasteiger partial charge in [0.15, 0.2) is 23.1 Å². The molecule has 60 heavy (non-hydrogen) atoms. The fourth-order valence-corrected chi connectivity index (χ4v) is 8.47. The molecule has 0 saturated carbocycles. The van der Waals surface area contributed by atoms with Crippen LogP contribution in [-0.2, 0) is 0 Å². The molecule has 0 aliphatic carbocycles. The van der Waals surface area contributed by atoms with Crippen molar-refractivity contribution in [3.63, 3.8) is 0 Å². The van der Waals surface area contributed by atoms with Gasteiger partial charge in [0.25, 0.3) is 0 Å². The van der Waals surface area contributed by atoms with Crippen LogP contribution in [0.15, 0.2) is 203 Å². The lowest BCUT2D eigenvalue weighted by atomic mass is 9.95. The van der Waals surface area contributed by atoms with Gasteiger partial charge in [-0.15, -0.1) is 0 Å². The number of hydrogen-bond donors (Lipinski definition) is 0. The summed E-state index contributed by atoms with van der Waals surface area (Å²) >= 11 is 0. The maximum absolute atomic E-state index is 6.84. The van der Waals surface area contributed by atoms with Gasteiger partial charge < -0.3 is 8.83 Å². The highest BCUT2D eigenvalue weighted by Gasteiger charge is 2.22. The smallest absolute Gasteiger partial charge is 0.227 e. The van der Waals surface area contributed by atoms with Crippen molar-refractivity contribution >= 4 is 54.6 Å². The van der Waals surface area contributed by atoms with E-state index in [0.29, 0.717) is 23.4 Å². The largest absolute Gasteiger partial charge is 0.455 e. The summed E-state index contributed by atoms with van der Waals surface area (Å²) in [6.45, 7) is 0. The maximum Gasteiger partial charge on any atom is 0.227 e. The highest BCUT2D eigenvalue weighted by Crippen LogP contribution is 2.43. The molecule has 0 fully saturated rings. The number of furan rings is 1. The summed E-state index contributed by atoms with van der Waals surface area (Å²) in [6, 6.07) is 66.4. The van der Waals surface area contributed by atoms with Crippen molar-refractivity contribution in [2.24, 2.45) is 0 Å². The lowest BCUT2D eigenvalue weighted by Gasteiger charge is -2.10. The molecule has 0 bridgehead atoms. The minimum absolute atomic E-state index is 0.569. The Morgan fingerprint density at radius 2 is 0.917 bits per heavy atom. The summed E-state index contributed by atoms with van der Waals surface area (Å²) in [4.78, 5) is 20.3. The first-order chi connectivity index (χ1) is 29.7. The van der Waals surface area contributed by atoms with E-state index < -0.39 is 0 Å². The first-order valence-corrected chi connectivity index (χ1v) is 20.0. The molecule has 3 heterocycles. The average molecular weight is 769 g/mol. The van der Waals surface area contributed by atoms with Crippen LogP contribution in [0.25, 0.3) is 122 Å². The van der Waals surface area contributed by atoms with Gasteiger partial charge in [0.1, 0.15) is 16.7 Å². The summed E-state index contributed by atoms with van der Waals surface area (Å²) in [5.74, 6) is 2.36. The Bertz CT molecular complexity index is 3600. The molecule has 3 aromatic heterocycles. The quantitative estimate of drug-likeness (QED) is 0.168. The Morgan fingerprint density at radius 3 is 1.70 bits per heavy atom. The Kier molecular flexibility index (Phi) is 7.74. The second-order valence-corrected chi connectivity index (χ2v) is 15.0. The van der Waals surface area contributed by atoms with E-state index in [4.69, 9.17) is 28.8 Å². The molecule has 0 saturated heterocycles. The van der Waals surface area contributed by atoms with Gasteiger partial charge in [0.2, 0.25) is 5.89 Å². The zero-order valence-electron chi connectivity index (χ0n) is 32.1. The van der Waals surface area contributed by atoms with Crippen molar-refractivity contribution in [1.82, 2.24) is 19.9 Å². The number of hydrogen-bond acceptors (Lipinski definition) is 6. The van der Waals surface area contributed by atoms with E-state index in [1.807, 2.05) is 84.9 Å². The normalized spacial score (nSPS) is 11.7. The molecule has 6 heteroatoms. The third-order valence-corrected chi connectivity index (χ3v) is 11.3. The third-order valence-electron chi connectivity index (χ3n) is 11.3. The standard InChI is InChI=1S/C54H32N4O2/c1-4-13-33(14-5-1)37-25-26-39-32-40(28-27-38(39)31-37)52-56-51(35-15-6-2-7-16-35)57-53(58-52)44-23-12-24-46-48(44)43-22-11-21-42(49(43)59-46)41-20-10-19-34-29-30-45-50(47(34)41)60-54(55-45)36-17-8-3-9-18-36/h1-32H. The average Bonchev–Trinajstić information content (AvgIpc) is 3.94. The van der Waals surface area contributed by atoms with Crippen molar-refractivity contribution in [2.75, 3.05) is 0 Å². The van der Waals surface area contributed by atoms with Crippen molar-refractivity contribution in [2.45, 2.75) is 0 Å². The van der Waals surface area contributed by atoms with Crippen LogP contribution in [0, 0.1) is 0 Å². The Hall–Kier alpha value is -8.22. The highest BCUT2D eigenvalue weighted by molar-refractivity contribution is 6.19. The molecule has 9 aromatic carbocycles. The lowest BCUT2D eigenvalue weighted by molar-refractivity contribution is 0.623. The highest BCUT2D eigenvalue weighted by atomic mass is 16.3. The lowest BCUT2D eigenvalue weighted by Crippen LogP contribution is -2.00. The number of aromatic nitrogens is 4. The first-order valence-electron chi connectivity index (χ1n) is 20.0. The Morgan fingerprint density at radius 1 is 0.317 bits per heavy atom. The molecule has 0 amide bonds. The molecule has 0 spiro atoms. The van der Waals surface area contributed by atoms with Gasteiger partial charge in [-0.05, 0) is 69.2 Å². The predicted octanol–water partition coefficient (Wildman–Crippen LogP) is 14.2. The number of benzene rings is 9. The molecule has 0 radical (unpaired) electrons. The number of rotatable bonds is 6. The molecule has 280 valence electrons. The van der Waals surface area contributed by atoms with Crippen LogP contribution in [0.5, 0.6) is 0 Å². The first kappa shape index (κ1) is 33.9. The summed E-state index contributed by atoms with van der Waals surface area (Å²) < 4.78 is 13.4. The molecule has 0 N–H and O–H groups in total. The molecule has 0 aliphatic rings. The summed E-state index contributed by atoms with van der Waals surface area (Å²) in [6.07, 6.45) is 0. The Balaban J connectivity index is 1.03. The van der Waals surface area contributed by atoms with Crippen LogP contribution >= 0.6 is 0 Å². The zero-order valence-corrected chi connectivity index (χ0v) is 32.1. The number of nitrogens with zero attached hydrogens (tertiary/aromatic N) is 4. The van der Waals surface area contributed by atoms with Crippen LogP contribution < -0.4 is 0 Å². The monoisotopic (exact) mass is 768 g/mol. The van der Waals surface area contributed by atoms with Crippen LogP contribution in [0.1, 0.15) is 0 Å². The number of para-hydroxylation sites is 1. The minimum atomic E-state index is 0.569.